The van der Waals surface area contributed by atoms with Crippen LogP contribution in [0.2, 0.25) is 9.36 Å². The zero-order valence-corrected chi connectivity index (χ0v) is 14.5. The van der Waals surface area contributed by atoms with Crippen LogP contribution in [-0.2, 0) is 10.0 Å². The maximum Gasteiger partial charge on any atom is 0.252 e. The average Bonchev–Trinajstić information content (AvgIpc) is 2.95. The lowest BCUT2D eigenvalue weighted by Crippen LogP contribution is -2.49. The molecule has 2 atom stereocenters. The fourth-order valence-corrected chi connectivity index (χ4v) is 7.11. The van der Waals surface area contributed by atoms with Gasteiger partial charge in [-0.2, -0.15) is 4.31 Å². The van der Waals surface area contributed by atoms with Crippen LogP contribution >= 0.6 is 34.5 Å². The third-order valence-electron chi connectivity index (χ3n) is 4.65. The first kappa shape index (κ1) is 16.0. The van der Waals surface area contributed by atoms with Gasteiger partial charge >= 0.3 is 0 Å². The van der Waals surface area contributed by atoms with E-state index in [1.807, 2.05) is 0 Å². The Balaban J connectivity index is 1.89. The molecule has 21 heavy (non-hydrogen) atoms. The van der Waals surface area contributed by atoms with E-state index in [0.29, 0.717) is 17.4 Å². The van der Waals surface area contributed by atoms with Gasteiger partial charge in [0.2, 0.25) is 0 Å². The highest BCUT2D eigenvalue weighted by molar-refractivity contribution is 7.91. The van der Waals surface area contributed by atoms with Crippen LogP contribution in [0.3, 0.4) is 0 Å². The molecule has 0 unspecified atom stereocenters. The predicted molar refractivity (Wildman–Crippen MR) is 84.6 cm³/mol. The van der Waals surface area contributed by atoms with Gasteiger partial charge in [-0.25, -0.2) is 8.42 Å². The Bertz CT molecular complexity index is 626. The van der Waals surface area contributed by atoms with E-state index in [1.54, 1.807) is 0 Å². The van der Waals surface area contributed by atoms with Gasteiger partial charge in [0.15, 0.2) is 0 Å². The Hall–Kier alpha value is 0.150. The van der Waals surface area contributed by atoms with Crippen LogP contribution in [0.25, 0.3) is 0 Å². The lowest BCUT2D eigenvalue weighted by atomic mass is 9.77. The van der Waals surface area contributed by atoms with Gasteiger partial charge in [0, 0.05) is 18.5 Å². The molecule has 1 aliphatic carbocycles. The number of aliphatic hydroxyl groups excluding tert-OH is 1. The standard InChI is InChI=1S/C13H17Cl2NO3S2/c14-9-7-11(20-12(9)15)21(18,19)16-6-2-5-13(8-16)4-1-3-10(13)17/h7,10,17H,1-6,8H2/t10-,13+/m1/s1. The van der Waals surface area contributed by atoms with E-state index in [9.17, 15) is 13.5 Å². The molecule has 2 aliphatic rings. The molecule has 3 rings (SSSR count). The molecule has 1 aromatic heterocycles. The zero-order valence-electron chi connectivity index (χ0n) is 11.4. The van der Waals surface area contributed by atoms with Gasteiger partial charge < -0.3 is 5.11 Å². The molecule has 0 radical (unpaired) electrons. The minimum absolute atomic E-state index is 0.182. The lowest BCUT2D eigenvalue weighted by molar-refractivity contribution is 0.0127. The van der Waals surface area contributed by atoms with Crippen LogP contribution in [-0.4, -0.2) is 37.0 Å². The van der Waals surface area contributed by atoms with Crippen LogP contribution in [0.15, 0.2) is 10.3 Å². The van der Waals surface area contributed by atoms with Crippen molar-refractivity contribution in [2.75, 3.05) is 13.1 Å². The molecule has 1 aromatic rings. The predicted octanol–water partition coefficient (Wildman–Crippen LogP) is 3.37. The second-order valence-electron chi connectivity index (χ2n) is 5.90. The molecular formula is C13H17Cl2NO3S2. The van der Waals surface area contributed by atoms with Crippen LogP contribution < -0.4 is 0 Å². The van der Waals surface area contributed by atoms with E-state index in [1.165, 1.54) is 10.4 Å². The minimum atomic E-state index is -3.58. The monoisotopic (exact) mass is 369 g/mol. The van der Waals surface area contributed by atoms with Gasteiger partial charge in [-0.15, -0.1) is 11.3 Å². The van der Waals surface area contributed by atoms with Crippen LogP contribution in [0.4, 0.5) is 0 Å². The van der Waals surface area contributed by atoms with Crippen molar-refractivity contribution in [3.05, 3.63) is 15.4 Å². The number of sulfonamides is 1. The number of hydrogen-bond donors (Lipinski definition) is 1. The fraction of sp³-hybridized carbons (Fsp3) is 0.692. The number of rotatable bonds is 2. The summed E-state index contributed by atoms with van der Waals surface area (Å²) in [4.78, 5) is 0. The van der Waals surface area contributed by atoms with Crippen molar-refractivity contribution >= 4 is 44.6 Å². The van der Waals surface area contributed by atoms with Crippen molar-refractivity contribution in [2.45, 2.75) is 42.4 Å². The van der Waals surface area contributed by atoms with Gasteiger partial charge in [0.25, 0.3) is 10.0 Å². The Kier molecular flexibility index (Phi) is 4.31. The highest BCUT2D eigenvalue weighted by Crippen LogP contribution is 2.46. The fourth-order valence-electron chi connectivity index (χ4n) is 3.50. The van der Waals surface area contributed by atoms with E-state index < -0.39 is 16.1 Å². The molecule has 1 aliphatic heterocycles. The summed E-state index contributed by atoms with van der Waals surface area (Å²) >= 11 is 12.7. The summed E-state index contributed by atoms with van der Waals surface area (Å²) in [5, 5.41) is 10.5. The Morgan fingerprint density at radius 1 is 1.33 bits per heavy atom. The van der Waals surface area contributed by atoms with Gasteiger partial charge in [-0.05, 0) is 31.7 Å². The van der Waals surface area contributed by atoms with E-state index in [-0.39, 0.29) is 14.6 Å². The minimum Gasteiger partial charge on any atom is -0.392 e. The first-order chi connectivity index (χ1) is 9.85. The SMILES string of the molecule is O=S(=O)(c1cc(Cl)c(Cl)s1)N1CCC[C@@]2(CCC[C@H]2O)C1. The second kappa shape index (κ2) is 5.65. The molecule has 1 N–H and O–H groups in total. The third-order valence-corrected chi connectivity index (χ3v) is 8.81. The first-order valence-electron chi connectivity index (χ1n) is 6.98. The summed E-state index contributed by atoms with van der Waals surface area (Å²) in [6.45, 7) is 0.883. The molecule has 8 heteroatoms. The third kappa shape index (κ3) is 2.75. The Morgan fingerprint density at radius 2 is 2.05 bits per heavy atom. The molecule has 2 fully saturated rings. The number of nitrogens with zero attached hydrogens (tertiary/aromatic N) is 1. The van der Waals surface area contributed by atoms with Crippen molar-refractivity contribution in [3.8, 4) is 0 Å². The first-order valence-corrected chi connectivity index (χ1v) is 9.99. The summed E-state index contributed by atoms with van der Waals surface area (Å²) in [6.07, 6.45) is 3.91. The summed E-state index contributed by atoms with van der Waals surface area (Å²) in [6, 6.07) is 1.41. The number of thiophene rings is 1. The maximum atomic E-state index is 12.7. The molecule has 0 bridgehead atoms. The van der Waals surface area contributed by atoms with Gasteiger partial charge in [0.1, 0.15) is 8.55 Å². The molecular weight excluding hydrogens is 353 g/mol. The van der Waals surface area contributed by atoms with Crippen molar-refractivity contribution in [2.24, 2.45) is 5.41 Å². The molecule has 1 saturated heterocycles. The maximum absolute atomic E-state index is 12.7. The zero-order chi connectivity index (χ0) is 15.3. The van der Waals surface area contributed by atoms with Gasteiger partial charge in [-0.1, -0.05) is 29.6 Å². The molecule has 1 spiro atoms. The van der Waals surface area contributed by atoms with Crippen molar-refractivity contribution < 1.29 is 13.5 Å². The van der Waals surface area contributed by atoms with E-state index in [0.717, 1.165) is 43.4 Å². The van der Waals surface area contributed by atoms with Gasteiger partial charge in [-0.3, -0.25) is 0 Å². The van der Waals surface area contributed by atoms with Crippen molar-refractivity contribution in [1.82, 2.24) is 4.31 Å². The summed E-state index contributed by atoms with van der Waals surface area (Å²) in [5.41, 5.74) is -0.268. The number of hydrogen-bond acceptors (Lipinski definition) is 4. The average molecular weight is 370 g/mol. The second-order valence-corrected chi connectivity index (χ2v) is 10.1. The number of piperidine rings is 1. The molecule has 1 saturated carbocycles. The van der Waals surface area contributed by atoms with Crippen LogP contribution in [0, 0.1) is 5.41 Å². The van der Waals surface area contributed by atoms with E-state index >= 15 is 0 Å². The topological polar surface area (TPSA) is 57.6 Å². The van der Waals surface area contributed by atoms with Crippen molar-refractivity contribution in [1.29, 1.82) is 0 Å². The summed E-state index contributed by atoms with van der Waals surface area (Å²) in [7, 11) is -3.58. The van der Waals surface area contributed by atoms with E-state index in [4.69, 9.17) is 23.2 Å². The highest BCUT2D eigenvalue weighted by atomic mass is 35.5. The Labute approximate surface area is 138 Å². The summed E-state index contributed by atoms with van der Waals surface area (Å²) in [5.74, 6) is 0. The van der Waals surface area contributed by atoms with Crippen LogP contribution in [0.5, 0.6) is 0 Å². The highest BCUT2D eigenvalue weighted by Gasteiger charge is 2.47. The summed E-state index contributed by atoms with van der Waals surface area (Å²) < 4.78 is 27.4. The molecule has 4 nitrogen and oxygen atoms in total. The molecule has 0 amide bonds. The smallest absolute Gasteiger partial charge is 0.252 e. The van der Waals surface area contributed by atoms with Crippen LogP contribution in [0.1, 0.15) is 32.1 Å². The lowest BCUT2D eigenvalue weighted by Gasteiger charge is -2.41. The number of halogens is 2. The largest absolute Gasteiger partial charge is 0.392 e. The molecule has 118 valence electrons. The molecule has 0 aromatic carbocycles. The normalized spacial score (nSPS) is 31.1. The van der Waals surface area contributed by atoms with E-state index in [2.05, 4.69) is 0 Å². The molecule has 2 heterocycles. The number of aliphatic hydroxyl groups is 1. The van der Waals surface area contributed by atoms with Gasteiger partial charge in [0.05, 0.1) is 11.1 Å². The quantitative estimate of drug-likeness (QED) is 0.869. The Morgan fingerprint density at radius 3 is 2.62 bits per heavy atom. The van der Waals surface area contributed by atoms with Crippen molar-refractivity contribution in [3.63, 3.8) is 0 Å².